The van der Waals surface area contributed by atoms with Gasteiger partial charge in [-0.25, -0.2) is 9.78 Å². The van der Waals surface area contributed by atoms with Crippen LogP contribution in [-0.4, -0.2) is 41.1 Å². The molecule has 0 bridgehead atoms. The van der Waals surface area contributed by atoms with Crippen LogP contribution in [-0.2, 0) is 4.79 Å². The van der Waals surface area contributed by atoms with Gasteiger partial charge in [-0.3, -0.25) is 4.79 Å². The van der Waals surface area contributed by atoms with E-state index in [2.05, 4.69) is 10.3 Å². The molecule has 1 aromatic rings. The van der Waals surface area contributed by atoms with Gasteiger partial charge in [-0.1, -0.05) is 11.3 Å². The minimum Gasteiger partial charge on any atom is -0.477 e. The Morgan fingerprint density at radius 3 is 3.12 bits per heavy atom. The van der Waals surface area contributed by atoms with Gasteiger partial charge in [-0.15, -0.1) is 0 Å². The Labute approximate surface area is 95.9 Å². The van der Waals surface area contributed by atoms with E-state index in [1.54, 1.807) is 6.92 Å². The number of aromatic nitrogens is 1. The monoisotopic (exact) mass is 241 g/mol. The van der Waals surface area contributed by atoms with E-state index in [-0.39, 0.29) is 16.8 Å². The van der Waals surface area contributed by atoms with Crippen LogP contribution in [0.15, 0.2) is 6.20 Å². The predicted octanol–water partition coefficient (Wildman–Crippen LogP) is 0.166. The van der Waals surface area contributed by atoms with Gasteiger partial charge in [0.1, 0.15) is 10.9 Å². The summed E-state index contributed by atoms with van der Waals surface area (Å²) >= 11 is 1.09. The minimum atomic E-state index is -0.988. The summed E-state index contributed by atoms with van der Waals surface area (Å²) in [5.74, 6) is -1.05. The van der Waals surface area contributed by atoms with Crippen LogP contribution >= 0.6 is 11.3 Å². The maximum Gasteiger partial charge on any atom is 0.347 e. The Bertz CT molecular complexity index is 431. The molecule has 16 heavy (non-hydrogen) atoms. The SMILES string of the molecule is CC1C(=O)NCCN1c1ncc(C(=O)O)s1. The number of rotatable bonds is 2. The van der Waals surface area contributed by atoms with Crippen molar-refractivity contribution in [3.8, 4) is 0 Å². The van der Waals surface area contributed by atoms with E-state index in [0.717, 1.165) is 11.3 Å². The molecule has 2 rings (SSSR count). The molecule has 1 aliphatic rings. The fourth-order valence-corrected chi connectivity index (χ4v) is 2.40. The molecule has 0 saturated carbocycles. The highest BCUT2D eigenvalue weighted by atomic mass is 32.1. The van der Waals surface area contributed by atoms with Crippen molar-refractivity contribution in [1.82, 2.24) is 10.3 Å². The Morgan fingerprint density at radius 2 is 2.50 bits per heavy atom. The molecular weight excluding hydrogens is 230 g/mol. The summed E-state index contributed by atoms with van der Waals surface area (Å²) in [7, 11) is 0. The number of thiazole rings is 1. The summed E-state index contributed by atoms with van der Waals surface area (Å²) in [6, 6.07) is -0.304. The number of piperazine rings is 1. The maximum absolute atomic E-state index is 11.4. The number of nitrogens with one attached hydrogen (secondary N) is 1. The summed E-state index contributed by atoms with van der Waals surface area (Å²) in [6.07, 6.45) is 1.32. The molecule has 86 valence electrons. The largest absolute Gasteiger partial charge is 0.477 e. The first kappa shape index (κ1) is 10.9. The molecule has 7 heteroatoms. The van der Waals surface area contributed by atoms with Gasteiger partial charge in [-0.2, -0.15) is 0 Å². The molecule has 0 spiro atoms. The Hall–Kier alpha value is -1.63. The standard InChI is InChI=1S/C9H11N3O3S/c1-5-7(13)10-2-3-12(5)9-11-4-6(16-9)8(14)15/h4-5H,2-3H2,1H3,(H,10,13)(H,14,15). The second-order valence-electron chi connectivity index (χ2n) is 3.47. The Morgan fingerprint density at radius 1 is 1.75 bits per heavy atom. The quantitative estimate of drug-likeness (QED) is 0.771. The third-order valence-electron chi connectivity index (χ3n) is 2.45. The molecule has 1 aliphatic heterocycles. The molecule has 1 aromatic heterocycles. The molecule has 0 radical (unpaired) electrons. The highest BCUT2D eigenvalue weighted by Crippen LogP contribution is 2.24. The second-order valence-corrected chi connectivity index (χ2v) is 4.48. The molecule has 1 unspecified atom stereocenters. The smallest absolute Gasteiger partial charge is 0.347 e. The molecule has 1 amide bonds. The number of carbonyl (C=O) groups is 2. The van der Waals surface area contributed by atoms with Gasteiger partial charge in [-0.05, 0) is 6.92 Å². The van der Waals surface area contributed by atoms with Crippen molar-refractivity contribution < 1.29 is 14.7 Å². The van der Waals surface area contributed by atoms with E-state index >= 15 is 0 Å². The zero-order valence-corrected chi connectivity index (χ0v) is 9.45. The summed E-state index contributed by atoms with van der Waals surface area (Å²) < 4.78 is 0. The van der Waals surface area contributed by atoms with Crippen LogP contribution in [0.3, 0.4) is 0 Å². The molecule has 1 fully saturated rings. The zero-order chi connectivity index (χ0) is 11.7. The molecule has 2 heterocycles. The van der Waals surface area contributed by atoms with Gasteiger partial charge >= 0.3 is 5.97 Å². The fraction of sp³-hybridized carbons (Fsp3) is 0.444. The number of carboxylic acids is 1. The molecule has 0 aromatic carbocycles. The molecule has 1 saturated heterocycles. The predicted molar refractivity (Wildman–Crippen MR) is 58.9 cm³/mol. The summed E-state index contributed by atoms with van der Waals surface area (Å²) in [5, 5.41) is 12.1. The van der Waals surface area contributed by atoms with Crippen LogP contribution in [0.5, 0.6) is 0 Å². The number of anilines is 1. The lowest BCUT2D eigenvalue weighted by atomic mass is 10.2. The Kier molecular flexibility index (Phi) is 2.78. The van der Waals surface area contributed by atoms with Crippen molar-refractivity contribution in [2.45, 2.75) is 13.0 Å². The average Bonchev–Trinajstić information content (AvgIpc) is 2.71. The van der Waals surface area contributed by atoms with Gasteiger partial charge in [0, 0.05) is 13.1 Å². The van der Waals surface area contributed by atoms with E-state index in [0.29, 0.717) is 18.2 Å². The van der Waals surface area contributed by atoms with Crippen molar-refractivity contribution in [2.24, 2.45) is 0 Å². The Balaban J connectivity index is 2.22. The van der Waals surface area contributed by atoms with Crippen LogP contribution in [0.25, 0.3) is 0 Å². The fourth-order valence-electron chi connectivity index (χ4n) is 1.54. The number of nitrogens with zero attached hydrogens (tertiary/aromatic N) is 2. The lowest BCUT2D eigenvalue weighted by Gasteiger charge is -2.32. The van der Waals surface area contributed by atoms with Gasteiger partial charge in [0.25, 0.3) is 0 Å². The number of carboxylic acid groups (broad SMARTS) is 1. The van der Waals surface area contributed by atoms with Crippen LogP contribution in [0.4, 0.5) is 5.13 Å². The molecule has 1 atom stereocenters. The summed E-state index contributed by atoms with van der Waals surface area (Å²) in [4.78, 5) is 28.2. The van der Waals surface area contributed by atoms with E-state index in [1.807, 2.05) is 4.90 Å². The number of carbonyl (C=O) groups excluding carboxylic acids is 1. The zero-order valence-electron chi connectivity index (χ0n) is 8.64. The number of amides is 1. The maximum atomic E-state index is 11.4. The van der Waals surface area contributed by atoms with Gasteiger partial charge < -0.3 is 15.3 Å². The van der Waals surface area contributed by atoms with Crippen LogP contribution in [0, 0.1) is 0 Å². The van der Waals surface area contributed by atoms with Gasteiger partial charge in [0.15, 0.2) is 5.13 Å². The third kappa shape index (κ3) is 1.85. The molecule has 0 aliphatic carbocycles. The first-order chi connectivity index (χ1) is 7.59. The van der Waals surface area contributed by atoms with Crippen LogP contribution in [0.1, 0.15) is 16.6 Å². The second kappa shape index (κ2) is 4.09. The van der Waals surface area contributed by atoms with Crippen LogP contribution in [0.2, 0.25) is 0 Å². The van der Waals surface area contributed by atoms with Crippen LogP contribution < -0.4 is 10.2 Å². The van der Waals surface area contributed by atoms with Gasteiger partial charge in [0.2, 0.25) is 5.91 Å². The molecule has 2 N–H and O–H groups in total. The minimum absolute atomic E-state index is 0.0571. The van der Waals surface area contributed by atoms with E-state index in [4.69, 9.17) is 5.11 Å². The van der Waals surface area contributed by atoms with Crippen molar-refractivity contribution in [3.05, 3.63) is 11.1 Å². The van der Waals surface area contributed by atoms with E-state index in [9.17, 15) is 9.59 Å². The lowest BCUT2D eigenvalue weighted by Crippen LogP contribution is -2.54. The summed E-state index contributed by atoms with van der Waals surface area (Å²) in [5.41, 5.74) is 0. The first-order valence-corrected chi connectivity index (χ1v) is 5.64. The summed E-state index contributed by atoms with van der Waals surface area (Å²) in [6.45, 7) is 2.99. The van der Waals surface area contributed by atoms with Crippen molar-refractivity contribution in [1.29, 1.82) is 0 Å². The number of hydrogen-bond acceptors (Lipinski definition) is 5. The van der Waals surface area contributed by atoms with E-state index in [1.165, 1.54) is 6.20 Å². The number of aromatic carboxylic acids is 1. The molecular formula is C9H11N3O3S. The van der Waals surface area contributed by atoms with Gasteiger partial charge in [0.05, 0.1) is 6.20 Å². The van der Waals surface area contributed by atoms with E-state index < -0.39 is 5.97 Å². The third-order valence-corrected chi connectivity index (χ3v) is 3.47. The molecule has 6 nitrogen and oxygen atoms in total. The number of hydrogen-bond donors (Lipinski definition) is 2. The van der Waals surface area contributed by atoms with Crippen molar-refractivity contribution in [3.63, 3.8) is 0 Å². The van der Waals surface area contributed by atoms with Crippen molar-refractivity contribution in [2.75, 3.05) is 18.0 Å². The topological polar surface area (TPSA) is 82.5 Å². The highest BCUT2D eigenvalue weighted by molar-refractivity contribution is 7.17. The normalized spacial score (nSPS) is 20.7. The van der Waals surface area contributed by atoms with Crippen molar-refractivity contribution >= 4 is 28.3 Å². The lowest BCUT2D eigenvalue weighted by molar-refractivity contribution is -0.122. The average molecular weight is 241 g/mol. The highest BCUT2D eigenvalue weighted by Gasteiger charge is 2.27. The first-order valence-electron chi connectivity index (χ1n) is 4.83.